The highest BCUT2D eigenvalue weighted by Crippen LogP contribution is 2.25. The van der Waals surface area contributed by atoms with Crippen LogP contribution in [0.2, 0.25) is 0 Å². The van der Waals surface area contributed by atoms with Gasteiger partial charge in [0.15, 0.2) is 5.82 Å². The molecule has 0 saturated heterocycles. The molecule has 0 amide bonds. The Bertz CT molecular complexity index is 269. The predicted octanol–water partition coefficient (Wildman–Crippen LogP) is 2.24. The van der Waals surface area contributed by atoms with Crippen LogP contribution in [0.4, 0.5) is 0 Å². The van der Waals surface area contributed by atoms with Crippen LogP contribution in [0.1, 0.15) is 39.4 Å². The maximum absolute atomic E-state index is 4.16. The summed E-state index contributed by atoms with van der Waals surface area (Å²) in [6.07, 6.45) is 3.30. The van der Waals surface area contributed by atoms with Crippen LogP contribution in [0.25, 0.3) is 0 Å². The van der Waals surface area contributed by atoms with E-state index >= 15 is 0 Å². The molecule has 0 aliphatic carbocycles. The van der Waals surface area contributed by atoms with Crippen molar-refractivity contribution in [1.29, 1.82) is 0 Å². The normalized spacial score (nSPS) is 12.0. The fraction of sp³-hybridized carbons (Fsp3) is 0.875. The zero-order valence-corrected chi connectivity index (χ0v) is 10.4. The summed E-state index contributed by atoms with van der Waals surface area (Å²) in [5.74, 6) is 0.841. The third-order valence-corrected chi connectivity index (χ3v) is 2.40. The summed E-state index contributed by atoms with van der Waals surface area (Å²) in [6.45, 7) is 6.68. The molecule has 0 spiro atoms. The van der Waals surface area contributed by atoms with Crippen LogP contribution in [0.15, 0.2) is 0 Å². The van der Waals surface area contributed by atoms with Gasteiger partial charge in [-0.25, -0.2) is 0 Å². The number of tetrazole rings is 1. The second kappa shape index (κ2) is 4.34. The molecule has 0 saturated carbocycles. The average molecular weight is 294 g/mol. The number of aromatic nitrogens is 4. The van der Waals surface area contributed by atoms with Crippen molar-refractivity contribution in [2.75, 3.05) is 0 Å². The number of halogens is 1. The lowest BCUT2D eigenvalue weighted by Crippen LogP contribution is -2.15. The van der Waals surface area contributed by atoms with Crippen molar-refractivity contribution in [2.45, 2.75) is 40.0 Å². The molecule has 1 heterocycles. The van der Waals surface area contributed by atoms with E-state index in [1.807, 2.05) is 22.9 Å². The van der Waals surface area contributed by atoms with Crippen LogP contribution >= 0.6 is 22.9 Å². The van der Waals surface area contributed by atoms with Crippen molar-refractivity contribution in [2.24, 2.45) is 5.41 Å². The third kappa shape index (κ3) is 3.58. The van der Waals surface area contributed by atoms with E-state index < -0.39 is 0 Å². The molecule has 0 aliphatic rings. The summed E-state index contributed by atoms with van der Waals surface area (Å²) in [5, 5.41) is 11.9. The summed E-state index contributed by atoms with van der Waals surface area (Å²) >= 11 is 2.01. The zero-order valence-electron chi connectivity index (χ0n) is 8.29. The lowest BCUT2D eigenvalue weighted by molar-refractivity contribution is 0.322. The molecular weight excluding hydrogens is 279 g/mol. The summed E-state index contributed by atoms with van der Waals surface area (Å²) in [6, 6.07) is 0. The molecule has 0 aromatic carbocycles. The first-order chi connectivity index (χ1) is 6.03. The minimum atomic E-state index is 0.286. The minimum absolute atomic E-state index is 0.286. The maximum Gasteiger partial charge on any atom is 0.176 e. The zero-order chi connectivity index (χ0) is 9.90. The van der Waals surface area contributed by atoms with Gasteiger partial charge in [0.05, 0.1) is 0 Å². The van der Waals surface area contributed by atoms with Gasteiger partial charge in [-0.3, -0.25) is 0 Å². The van der Waals surface area contributed by atoms with Crippen LogP contribution in [0.5, 0.6) is 0 Å². The fourth-order valence-corrected chi connectivity index (χ4v) is 1.83. The van der Waals surface area contributed by atoms with Crippen LogP contribution in [0.3, 0.4) is 0 Å². The molecule has 0 atom stereocenters. The number of hydrogen-bond acceptors (Lipinski definition) is 3. The van der Waals surface area contributed by atoms with E-state index in [-0.39, 0.29) is 5.41 Å². The van der Waals surface area contributed by atoms with Crippen LogP contribution in [0, 0.1) is 5.41 Å². The molecular formula is C8H15IN4. The molecule has 0 bridgehead atoms. The second-order valence-electron chi connectivity index (χ2n) is 4.04. The maximum atomic E-state index is 4.16. The Kier molecular flexibility index (Phi) is 3.63. The van der Waals surface area contributed by atoms with Crippen LogP contribution < -0.4 is 0 Å². The average Bonchev–Trinajstić information content (AvgIpc) is 2.34. The van der Waals surface area contributed by atoms with E-state index in [1.54, 1.807) is 0 Å². The van der Waals surface area contributed by atoms with E-state index in [2.05, 4.69) is 36.2 Å². The Hall–Kier alpha value is -0.200. The Balaban J connectivity index is 2.57. The van der Waals surface area contributed by atoms with E-state index in [4.69, 9.17) is 0 Å². The van der Waals surface area contributed by atoms with Crippen molar-refractivity contribution < 1.29 is 0 Å². The Morgan fingerprint density at radius 3 is 2.62 bits per heavy atom. The first-order valence-corrected chi connectivity index (χ1v) is 5.45. The van der Waals surface area contributed by atoms with Gasteiger partial charge in [-0.05, 0) is 17.0 Å². The minimum Gasteiger partial charge on any atom is -0.126 e. The molecule has 0 radical (unpaired) electrons. The quantitative estimate of drug-likeness (QED) is 0.800. The predicted molar refractivity (Wildman–Crippen MR) is 59.6 cm³/mol. The van der Waals surface area contributed by atoms with E-state index in [0.717, 1.165) is 12.2 Å². The topological polar surface area (TPSA) is 43.6 Å². The largest absolute Gasteiger partial charge is 0.176 e. The smallest absolute Gasteiger partial charge is 0.126 e. The molecule has 4 nitrogen and oxygen atoms in total. The summed E-state index contributed by atoms with van der Waals surface area (Å²) in [4.78, 5) is 0. The van der Waals surface area contributed by atoms with Gasteiger partial charge in [0, 0.05) is 6.42 Å². The van der Waals surface area contributed by atoms with Crippen LogP contribution in [-0.2, 0) is 6.42 Å². The van der Waals surface area contributed by atoms with Gasteiger partial charge >= 0.3 is 0 Å². The molecule has 1 aromatic heterocycles. The third-order valence-electron chi connectivity index (χ3n) is 2.00. The molecule has 0 unspecified atom stereocenters. The molecule has 1 aromatic rings. The van der Waals surface area contributed by atoms with E-state index in [9.17, 15) is 0 Å². The molecule has 5 heteroatoms. The molecule has 74 valence electrons. The van der Waals surface area contributed by atoms with Gasteiger partial charge in [0.2, 0.25) is 0 Å². The number of hydrogen-bond donors (Lipinski definition) is 0. The van der Waals surface area contributed by atoms with Gasteiger partial charge in [0.25, 0.3) is 0 Å². The lowest BCUT2D eigenvalue weighted by Gasteiger charge is -2.21. The first kappa shape index (κ1) is 10.9. The highest BCUT2D eigenvalue weighted by atomic mass is 127. The SMILES string of the molecule is CCCC(C)(C)Cc1nnn(I)n1. The van der Waals surface area contributed by atoms with E-state index in [1.165, 1.54) is 15.9 Å². The molecule has 13 heavy (non-hydrogen) atoms. The number of nitrogens with zero attached hydrogens (tertiary/aromatic N) is 4. The summed E-state index contributed by atoms with van der Waals surface area (Å²) < 4.78 is 1.48. The van der Waals surface area contributed by atoms with Gasteiger partial charge in [-0.1, -0.05) is 27.2 Å². The molecule has 0 fully saturated rings. The van der Waals surface area contributed by atoms with Gasteiger partial charge in [-0.2, -0.15) is 0 Å². The van der Waals surface area contributed by atoms with E-state index in [0.29, 0.717) is 0 Å². The highest BCUT2D eigenvalue weighted by molar-refractivity contribution is 14.1. The highest BCUT2D eigenvalue weighted by Gasteiger charge is 2.19. The van der Waals surface area contributed by atoms with Gasteiger partial charge < -0.3 is 0 Å². The summed E-state index contributed by atoms with van der Waals surface area (Å²) in [5.41, 5.74) is 0.286. The molecule has 0 N–H and O–H groups in total. The molecule has 1 rings (SSSR count). The fourth-order valence-electron chi connectivity index (χ4n) is 1.49. The van der Waals surface area contributed by atoms with Crippen molar-refractivity contribution >= 4 is 22.9 Å². The Morgan fingerprint density at radius 2 is 2.15 bits per heavy atom. The standard InChI is InChI=1S/C8H15IN4/c1-4-5-8(2,3)6-7-10-12-13(9)11-7/h4-6H2,1-3H3. The lowest BCUT2D eigenvalue weighted by atomic mass is 9.84. The van der Waals surface area contributed by atoms with Crippen molar-refractivity contribution in [3.8, 4) is 0 Å². The summed E-state index contributed by atoms with van der Waals surface area (Å²) in [7, 11) is 0. The van der Waals surface area contributed by atoms with Crippen molar-refractivity contribution in [3.63, 3.8) is 0 Å². The van der Waals surface area contributed by atoms with Gasteiger partial charge in [0.1, 0.15) is 22.9 Å². The second-order valence-corrected chi connectivity index (χ2v) is 4.90. The Labute approximate surface area is 92.6 Å². The van der Waals surface area contributed by atoms with Crippen molar-refractivity contribution in [3.05, 3.63) is 5.82 Å². The number of rotatable bonds is 4. The van der Waals surface area contributed by atoms with Crippen molar-refractivity contribution in [1.82, 2.24) is 18.4 Å². The Morgan fingerprint density at radius 1 is 1.46 bits per heavy atom. The van der Waals surface area contributed by atoms with Gasteiger partial charge in [-0.15, -0.1) is 13.2 Å². The monoisotopic (exact) mass is 294 g/mol. The molecule has 0 aliphatic heterocycles. The first-order valence-electron chi connectivity index (χ1n) is 4.48. The van der Waals surface area contributed by atoms with Crippen LogP contribution in [-0.4, -0.2) is 18.4 Å².